The summed E-state index contributed by atoms with van der Waals surface area (Å²) >= 11 is 4.76. The average molecular weight is 275 g/mol. The first-order valence-corrected chi connectivity index (χ1v) is 6.30. The Morgan fingerprint density at radius 2 is 2.00 bits per heavy atom. The van der Waals surface area contributed by atoms with Crippen molar-refractivity contribution >= 4 is 22.9 Å². The Kier molecular flexibility index (Phi) is 4.41. The number of nitrogens with zero attached hydrogens (tertiary/aromatic N) is 1. The van der Waals surface area contributed by atoms with Gasteiger partial charge < -0.3 is 11.1 Å². The molecule has 0 unspecified atom stereocenters. The molecule has 2 aromatic rings. The zero-order valence-corrected chi connectivity index (χ0v) is 11.1. The lowest BCUT2D eigenvalue weighted by Gasteiger charge is -2.08. The van der Waals surface area contributed by atoms with Gasteiger partial charge in [0.05, 0.1) is 0 Å². The Hall–Kier alpha value is -2.01. The summed E-state index contributed by atoms with van der Waals surface area (Å²) in [5.41, 5.74) is 7.58. The lowest BCUT2D eigenvalue weighted by atomic mass is 10.1. The second kappa shape index (κ2) is 6.24. The molecule has 98 valence electrons. The minimum absolute atomic E-state index is 0.0702. The molecule has 0 amide bonds. The topological polar surface area (TPSA) is 50.9 Å². The van der Waals surface area contributed by atoms with Gasteiger partial charge in [0.1, 0.15) is 10.8 Å². The van der Waals surface area contributed by atoms with Gasteiger partial charge in [-0.25, -0.2) is 4.39 Å². The van der Waals surface area contributed by atoms with E-state index in [4.69, 9.17) is 18.0 Å². The van der Waals surface area contributed by atoms with E-state index in [1.165, 1.54) is 11.6 Å². The Morgan fingerprint density at radius 3 is 2.63 bits per heavy atom. The van der Waals surface area contributed by atoms with Crippen molar-refractivity contribution in [1.29, 1.82) is 0 Å². The molecule has 0 aliphatic rings. The van der Waals surface area contributed by atoms with Crippen LogP contribution >= 0.6 is 12.2 Å². The van der Waals surface area contributed by atoms with Gasteiger partial charge in [-0.2, -0.15) is 0 Å². The Bertz CT molecular complexity index is 572. The summed E-state index contributed by atoms with van der Waals surface area (Å²) in [5.74, 6) is -0.401. The Labute approximate surface area is 116 Å². The van der Waals surface area contributed by atoms with Gasteiger partial charge in [0.25, 0.3) is 0 Å². The normalized spacial score (nSPS) is 10.2. The van der Waals surface area contributed by atoms with Gasteiger partial charge in [0.15, 0.2) is 0 Å². The van der Waals surface area contributed by atoms with E-state index in [-0.39, 0.29) is 10.6 Å². The van der Waals surface area contributed by atoms with Crippen molar-refractivity contribution in [3.8, 4) is 0 Å². The van der Waals surface area contributed by atoms with E-state index < -0.39 is 5.82 Å². The van der Waals surface area contributed by atoms with E-state index in [2.05, 4.69) is 10.3 Å². The van der Waals surface area contributed by atoms with Gasteiger partial charge in [0.2, 0.25) is 0 Å². The van der Waals surface area contributed by atoms with E-state index in [1.54, 1.807) is 24.5 Å². The summed E-state index contributed by atoms with van der Waals surface area (Å²) in [4.78, 5) is 4.03. The highest BCUT2D eigenvalue weighted by atomic mass is 32.1. The molecule has 1 aromatic heterocycles. The molecule has 3 N–H and O–H groups in total. The van der Waals surface area contributed by atoms with Gasteiger partial charge in [-0.05, 0) is 42.3 Å². The van der Waals surface area contributed by atoms with Crippen molar-refractivity contribution in [1.82, 2.24) is 4.98 Å². The molecular weight excluding hydrogens is 261 g/mol. The molecule has 0 saturated heterocycles. The summed E-state index contributed by atoms with van der Waals surface area (Å²) in [7, 11) is 0. The van der Waals surface area contributed by atoms with Gasteiger partial charge in [-0.15, -0.1) is 0 Å². The molecule has 1 heterocycles. The van der Waals surface area contributed by atoms with Crippen LogP contribution in [0, 0.1) is 5.82 Å². The van der Waals surface area contributed by atoms with Crippen LogP contribution in [-0.2, 0) is 6.42 Å². The van der Waals surface area contributed by atoms with Crippen molar-refractivity contribution in [3.63, 3.8) is 0 Å². The number of nitrogens with one attached hydrogen (secondary N) is 1. The van der Waals surface area contributed by atoms with Crippen molar-refractivity contribution < 1.29 is 4.39 Å². The maximum atomic E-state index is 13.6. The number of anilines is 1. The third-order valence-electron chi connectivity index (χ3n) is 2.73. The number of rotatable bonds is 5. The smallest absolute Gasteiger partial charge is 0.135 e. The first-order chi connectivity index (χ1) is 9.16. The number of pyridine rings is 1. The van der Waals surface area contributed by atoms with Gasteiger partial charge in [-0.3, -0.25) is 4.98 Å². The molecule has 0 atom stereocenters. The largest absolute Gasteiger partial charge is 0.389 e. The van der Waals surface area contributed by atoms with E-state index in [9.17, 15) is 4.39 Å². The summed E-state index contributed by atoms with van der Waals surface area (Å²) in [6, 6.07) is 8.67. The third kappa shape index (κ3) is 3.72. The van der Waals surface area contributed by atoms with Crippen LogP contribution in [0.1, 0.15) is 11.1 Å². The van der Waals surface area contributed by atoms with Crippen LogP contribution in [0.25, 0.3) is 0 Å². The standard InChI is InChI=1S/C14H14FN3S/c15-13-9-11(1-2-12(13)14(16)19)18-8-5-10-3-6-17-7-4-10/h1-4,6-7,9,18H,5,8H2,(H2,16,19). The minimum atomic E-state index is -0.401. The second-order valence-corrected chi connectivity index (χ2v) is 4.53. The molecular formula is C14H14FN3S. The molecule has 3 nitrogen and oxygen atoms in total. The molecule has 5 heteroatoms. The molecule has 0 bridgehead atoms. The van der Waals surface area contributed by atoms with Crippen LogP contribution < -0.4 is 11.1 Å². The number of hydrogen-bond donors (Lipinski definition) is 2. The molecule has 0 spiro atoms. The van der Waals surface area contributed by atoms with E-state index in [0.717, 1.165) is 13.0 Å². The summed E-state index contributed by atoms with van der Waals surface area (Å²) < 4.78 is 13.6. The Morgan fingerprint density at radius 1 is 1.26 bits per heavy atom. The fraction of sp³-hybridized carbons (Fsp3) is 0.143. The minimum Gasteiger partial charge on any atom is -0.389 e. The van der Waals surface area contributed by atoms with Crippen molar-refractivity contribution in [2.24, 2.45) is 5.73 Å². The zero-order valence-electron chi connectivity index (χ0n) is 10.3. The second-order valence-electron chi connectivity index (χ2n) is 4.09. The van der Waals surface area contributed by atoms with Gasteiger partial charge in [-0.1, -0.05) is 12.2 Å². The SMILES string of the molecule is NC(=S)c1ccc(NCCc2ccncc2)cc1F. The molecule has 0 fully saturated rings. The zero-order chi connectivity index (χ0) is 13.7. The number of aromatic nitrogens is 1. The van der Waals surface area contributed by atoms with Crippen molar-refractivity contribution in [2.75, 3.05) is 11.9 Å². The van der Waals surface area contributed by atoms with Gasteiger partial charge >= 0.3 is 0 Å². The molecule has 1 aromatic carbocycles. The van der Waals surface area contributed by atoms with Crippen LogP contribution in [0.15, 0.2) is 42.7 Å². The number of halogens is 1. The lowest BCUT2D eigenvalue weighted by molar-refractivity contribution is 0.626. The maximum absolute atomic E-state index is 13.6. The highest BCUT2D eigenvalue weighted by Crippen LogP contribution is 2.14. The van der Waals surface area contributed by atoms with Crippen LogP contribution in [0.4, 0.5) is 10.1 Å². The lowest BCUT2D eigenvalue weighted by Crippen LogP contribution is -2.12. The number of nitrogens with two attached hydrogens (primary N) is 1. The molecule has 2 rings (SSSR count). The maximum Gasteiger partial charge on any atom is 0.135 e. The van der Waals surface area contributed by atoms with E-state index >= 15 is 0 Å². The monoisotopic (exact) mass is 275 g/mol. The molecule has 0 radical (unpaired) electrons. The van der Waals surface area contributed by atoms with Crippen LogP contribution in [-0.4, -0.2) is 16.5 Å². The number of hydrogen-bond acceptors (Lipinski definition) is 3. The predicted molar refractivity (Wildman–Crippen MR) is 78.7 cm³/mol. The third-order valence-corrected chi connectivity index (χ3v) is 2.95. The first-order valence-electron chi connectivity index (χ1n) is 5.89. The van der Waals surface area contributed by atoms with Crippen molar-refractivity contribution in [2.45, 2.75) is 6.42 Å². The molecule has 19 heavy (non-hydrogen) atoms. The number of thiocarbonyl (C=S) groups is 1. The first kappa shape index (κ1) is 13.4. The van der Waals surface area contributed by atoms with Crippen LogP contribution in [0.3, 0.4) is 0 Å². The predicted octanol–water partition coefficient (Wildman–Crippen LogP) is 2.51. The number of benzene rings is 1. The molecule has 0 aliphatic heterocycles. The highest BCUT2D eigenvalue weighted by molar-refractivity contribution is 7.80. The Balaban J connectivity index is 1.93. The molecule has 0 aliphatic carbocycles. The fourth-order valence-electron chi connectivity index (χ4n) is 1.73. The quantitative estimate of drug-likeness (QED) is 0.823. The highest BCUT2D eigenvalue weighted by Gasteiger charge is 2.05. The average Bonchev–Trinajstić information content (AvgIpc) is 2.39. The van der Waals surface area contributed by atoms with E-state index in [0.29, 0.717) is 5.69 Å². The van der Waals surface area contributed by atoms with Crippen LogP contribution in [0.5, 0.6) is 0 Å². The summed E-state index contributed by atoms with van der Waals surface area (Å²) in [6.45, 7) is 0.718. The van der Waals surface area contributed by atoms with E-state index in [1.807, 2.05) is 12.1 Å². The molecule has 0 saturated carbocycles. The summed E-state index contributed by atoms with van der Waals surface area (Å²) in [5, 5.41) is 3.16. The fourth-order valence-corrected chi connectivity index (χ4v) is 1.89. The van der Waals surface area contributed by atoms with Crippen molar-refractivity contribution in [3.05, 3.63) is 59.7 Å². The summed E-state index contributed by atoms with van der Waals surface area (Å²) in [6.07, 6.45) is 4.36. The van der Waals surface area contributed by atoms with Crippen LogP contribution in [0.2, 0.25) is 0 Å². The van der Waals surface area contributed by atoms with Gasteiger partial charge in [0, 0.05) is 30.2 Å².